The number of cyclic esters (lactones) is 1. The Morgan fingerprint density at radius 3 is 2.71 bits per heavy atom. The minimum absolute atomic E-state index is 0.0138. The van der Waals surface area contributed by atoms with Crippen LogP contribution in [0.5, 0.6) is 0 Å². The van der Waals surface area contributed by atoms with Crippen LogP contribution in [0.4, 0.5) is 5.69 Å². The highest BCUT2D eigenvalue weighted by Gasteiger charge is 2.21. The van der Waals surface area contributed by atoms with E-state index in [1.54, 1.807) is 12.1 Å². The quantitative estimate of drug-likeness (QED) is 0.616. The molecule has 0 fully saturated rings. The van der Waals surface area contributed by atoms with Crippen molar-refractivity contribution in [2.45, 2.75) is 38.7 Å². The number of ether oxygens (including phenoxy) is 1. The number of hydrogen-bond acceptors (Lipinski definition) is 3. The van der Waals surface area contributed by atoms with Crippen LogP contribution in [0.15, 0.2) is 48.5 Å². The van der Waals surface area contributed by atoms with Gasteiger partial charge in [-0.1, -0.05) is 36.8 Å². The first-order valence-electron chi connectivity index (χ1n) is 8.36. The van der Waals surface area contributed by atoms with Gasteiger partial charge < -0.3 is 10.1 Å². The molecule has 1 N–H and O–H groups in total. The Morgan fingerprint density at radius 2 is 1.88 bits per heavy atom. The molecule has 0 saturated carbocycles. The van der Waals surface area contributed by atoms with E-state index < -0.39 is 0 Å². The van der Waals surface area contributed by atoms with Gasteiger partial charge in [-0.2, -0.15) is 0 Å². The van der Waals surface area contributed by atoms with Gasteiger partial charge in [0.2, 0.25) is 5.91 Å². The van der Waals surface area contributed by atoms with Crippen molar-refractivity contribution in [3.63, 3.8) is 0 Å². The number of benzene rings is 2. The molecule has 24 heavy (non-hydrogen) atoms. The summed E-state index contributed by atoms with van der Waals surface area (Å²) in [6.45, 7) is 0.289. The Balaban J connectivity index is 1.38. The van der Waals surface area contributed by atoms with E-state index in [2.05, 4.69) is 29.6 Å². The van der Waals surface area contributed by atoms with Gasteiger partial charge in [0.1, 0.15) is 6.61 Å². The van der Waals surface area contributed by atoms with Crippen LogP contribution in [0.25, 0.3) is 0 Å². The zero-order chi connectivity index (χ0) is 16.8. The summed E-state index contributed by atoms with van der Waals surface area (Å²) in [6.07, 6.45) is 4.58. The van der Waals surface area contributed by atoms with Gasteiger partial charge in [0.05, 0.1) is 5.56 Å². The fraction of sp³-hybridized carbons (Fsp3) is 0.300. The Labute approximate surface area is 141 Å². The van der Waals surface area contributed by atoms with Crippen LogP contribution in [-0.2, 0) is 22.6 Å². The van der Waals surface area contributed by atoms with Crippen LogP contribution in [0.3, 0.4) is 0 Å². The summed E-state index contributed by atoms with van der Waals surface area (Å²) in [5.74, 6) is -0.277. The third-order valence-electron chi connectivity index (χ3n) is 4.18. The Bertz CT molecular complexity index is 725. The number of aryl methyl sites for hydroxylation is 1. The molecule has 0 atom stereocenters. The lowest BCUT2D eigenvalue weighted by Crippen LogP contribution is -2.11. The van der Waals surface area contributed by atoms with E-state index in [0.29, 0.717) is 12.0 Å². The van der Waals surface area contributed by atoms with E-state index in [-0.39, 0.29) is 18.5 Å². The SMILES string of the molecule is O=C(CCCCCc1ccccc1)Nc1ccc2c(c1)COC2=O. The number of amides is 1. The molecule has 3 rings (SSSR count). The van der Waals surface area contributed by atoms with E-state index in [9.17, 15) is 9.59 Å². The van der Waals surface area contributed by atoms with Crippen molar-refractivity contribution >= 4 is 17.6 Å². The Hall–Kier alpha value is -2.62. The number of rotatable bonds is 7. The molecule has 0 unspecified atom stereocenters. The maximum absolute atomic E-state index is 12.0. The minimum Gasteiger partial charge on any atom is -0.457 e. The van der Waals surface area contributed by atoms with E-state index in [1.165, 1.54) is 5.56 Å². The largest absolute Gasteiger partial charge is 0.457 e. The number of fused-ring (bicyclic) bond motifs is 1. The van der Waals surface area contributed by atoms with Gasteiger partial charge in [-0.3, -0.25) is 4.79 Å². The van der Waals surface area contributed by atoms with Crippen molar-refractivity contribution < 1.29 is 14.3 Å². The fourth-order valence-electron chi connectivity index (χ4n) is 2.87. The van der Waals surface area contributed by atoms with Gasteiger partial charge in [-0.05, 0) is 43.0 Å². The molecule has 2 aromatic carbocycles. The molecule has 1 aliphatic rings. The zero-order valence-corrected chi connectivity index (χ0v) is 13.6. The molecule has 4 heteroatoms. The van der Waals surface area contributed by atoms with Crippen molar-refractivity contribution in [2.75, 3.05) is 5.32 Å². The monoisotopic (exact) mass is 323 g/mol. The van der Waals surface area contributed by atoms with E-state index in [0.717, 1.165) is 36.9 Å². The van der Waals surface area contributed by atoms with Gasteiger partial charge in [0, 0.05) is 17.7 Å². The number of esters is 1. The molecule has 124 valence electrons. The first-order valence-corrected chi connectivity index (χ1v) is 8.36. The van der Waals surface area contributed by atoms with Gasteiger partial charge in [-0.15, -0.1) is 0 Å². The number of anilines is 1. The summed E-state index contributed by atoms with van der Waals surface area (Å²) in [6, 6.07) is 15.7. The number of unbranched alkanes of at least 4 members (excludes halogenated alkanes) is 2. The summed E-state index contributed by atoms with van der Waals surface area (Å²) in [4.78, 5) is 23.4. The minimum atomic E-state index is -0.290. The van der Waals surface area contributed by atoms with Crippen LogP contribution >= 0.6 is 0 Å². The topological polar surface area (TPSA) is 55.4 Å². The lowest BCUT2D eigenvalue weighted by Gasteiger charge is -2.06. The average Bonchev–Trinajstić information content (AvgIpc) is 2.96. The molecule has 1 aliphatic heterocycles. The number of nitrogens with one attached hydrogen (secondary N) is 1. The molecule has 0 bridgehead atoms. The molecule has 1 heterocycles. The number of hydrogen-bond donors (Lipinski definition) is 1. The van der Waals surface area contributed by atoms with Gasteiger partial charge >= 0.3 is 5.97 Å². The van der Waals surface area contributed by atoms with Crippen molar-refractivity contribution in [1.29, 1.82) is 0 Å². The second-order valence-electron chi connectivity index (χ2n) is 6.04. The fourth-order valence-corrected chi connectivity index (χ4v) is 2.87. The highest BCUT2D eigenvalue weighted by molar-refractivity contribution is 5.95. The van der Waals surface area contributed by atoms with Crippen molar-refractivity contribution in [2.24, 2.45) is 0 Å². The molecule has 0 saturated heterocycles. The van der Waals surface area contributed by atoms with Crippen LogP contribution < -0.4 is 5.32 Å². The van der Waals surface area contributed by atoms with Gasteiger partial charge in [-0.25, -0.2) is 4.79 Å². The van der Waals surface area contributed by atoms with E-state index in [4.69, 9.17) is 4.74 Å². The van der Waals surface area contributed by atoms with Crippen LogP contribution in [0, 0.1) is 0 Å². The standard InChI is InChI=1S/C20H21NO3/c22-19(10-6-2-5-9-15-7-3-1-4-8-15)21-17-11-12-18-16(13-17)14-24-20(18)23/h1,3-4,7-8,11-13H,2,5-6,9-10,14H2,(H,21,22). The summed E-state index contributed by atoms with van der Waals surface area (Å²) in [7, 11) is 0. The van der Waals surface area contributed by atoms with Crippen LogP contribution in [0.2, 0.25) is 0 Å². The summed E-state index contributed by atoms with van der Waals surface area (Å²) < 4.78 is 4.96. The molecule has 0 aromatic heterocycles. The Kier molecular flexibility index (Phi) is 5.26. The lowest BCUT2D eigenvalue weighted by molar-refractivity contribution is -0.116. The van der Waals surface area contributed by atoms with Crippen LogP contribution in [0.1, 0.15) is 47.2 Å². The molecule has 0 spiro atoms. The molecule has 0 radical (unpaired) electrons. The number of carbonyl (C=O) groups is 2. The summed E-state index contributed by atoms with van der Waals surface area (Å²) in [5, 5.41) is 2.89. The van der Waals surface area contributed by atoms with E-state index >= 15 is 0 Å². The second kappa shape index (κ2) is 7.77. The van der Waals surface area contributed by atoms with Gasteiger partial charge in [0.25, 0.3) is 0 Å². The normalized spacial score (nSPS) is 12.6. The third-order valence-corrected chi connectivity index (χ3v) is 4.18. The second-order valence-corrected chi connectivity index (χ2v) is 6.04. The predicted octanol–water partition coefficient (Wildman–Crippen LogP) is 4.10. The molecular weight excluding hydrogens is 302 g/mol. The number of carbonyl (C=O) groups excluding carboxylic acids is 2. The predicted molar refractivity (Wildman–Crippen MR) is 92.8 cm³/mol. The Morgan fingerprint density at radius 1 is 1.04 bits per heavy atom. The molecule has 2 aromatic rings. The lowest BCUT2D eigenvalue weighted by atomic mass is 10.1. The molecule has 1 amide bonds. The average molecular weight is 323 g/mol. The first kappa shape index (κ1) is 16.2. The van der Waals surface area contributed by atoms with Gasteiger partial charge in [0.15, 0.2) is 0 Å². The zero-order valence-electron chi connectivity index (χ0n) is 13.6. The highest BCUT2D eigenvalue weighted by atomic mass is 16.5. The van der Waals surface area contributed by atoms with Crippen molar-refractivity contribution in [3.05, 3.63) is 65.2 Å². The molecule has 4 nitrogen and oxygen atoms in total. The maximum atomic E-state index is 12.0. The smallest absolute Gasteiger partial charge is 0.338 e. The highest BCUT2D eigenvalue weighted by Crippen LogP contribution is 2.23. The molecular formula is C20H21NO3. The maximum Gasteiger partial charge on any atom is 0.338 e. The third kappa shape index (κ3) is 4.22. The van der Waals surface area contributed by atoms with Crippen molar-refractivity contribution in [3.8, 4) is 0 Å². The van der Waals surface area contributed by atoms with Crippen molar-refractivity contribution in [1.82, 2.24) is 0 Å². The summed E-state index contributed by atoms with van der Waals surface area (Å²) >= 11 is 0. The van der Waals surface area contributed by atoms with E-state index in [1.807, 2.05) is 12.1 Å². The summed E-state index contributed by atoms with van der Waals surface area (Å²) in [5.41, 5.74) is 3.49. The first-order chi connectivity index (χ1) is 11.7. The molecule has 0 aliphatic carbocycles. The van der Waals surface area contributed by atoms with Crippen LogP contribution in [-0.4, -0.2) is 11.9 Å².